The molecule has 0 aliphatic heterocycles. The highest BCUT2D eigenvalue weighted by Crippen LogP contribution is 2.31. The molecule has 0 aliphatic carbocycles. The SMILES string of the molecule is CCCCc1nc2ccc(C)cc2n1-c1ccc(-c2ccccc2C(=O)O)c(C)c1. The summed E-state index contributed by atoms with van der Waals surface area (Å²) in [6.45, 7) is 6.32. The Bertz CT molecular complexity index is 1240. The highest BCUT2D eigenvalue weighted by molar-refractivity contribution is 5.96. The van der Waals surface area contributed by atoms with Crippen LogP contribution in [-0.2, 0) is 6.42 Å². The fraction of sp³-hybridized carbons (Fsp3) is 0.231. The van der Waals surface area contributed by atoms with Crippen LogP contribution in [0.4, 0.5) is 0 Å². The third-order valence-electron chi connectivity index (χ3n) is 5.55. The van der Waals surface area contributed by atoms with Gasteiger partial charge in [0, 0.05) is 12.1 Å². The molecule has 0 unspecified atom stereocenters. The Hall–Kier alpha value is -3.40. The van der Waals surface area contributed by atoms with E-state index in [9.17, 15) is 9.90 Å². The zero-order valence-corrected chi connectivity index (χ0v) is 17.6. The summed E-state index contributed by atoms with van der Waals surface area (Å²) in [5.74, 6) is 0.155. The van der Waals surface area contributed by atoms with Crippen molar-refractivity contribution in [3.05, 3.63) is 83.2 Å². The Morgan fingerprint density at radius 1 is 1.00 bits per heavy atom. The summed E-state index contributed by atoms with van der Waals surface area (Å²) < 4.78 is 2.25. The first-order chi connectivity index (χ1) is 14.5. The van der Waals surface area contributed by atoms with Crippen molar-refractivity contribution in [2.24, 2.45) is 0 Å². The molecule has 3 aromatic carbocycles. The number of unbranched alkanes of at least 4 members (excludes halogenated alkanes) is 1. The summed E-state index contributed by atoms with van der Waals surface area (Å²) in [6, 6.07) is 19.8. The summed E-state index contributed by atoms with van der Waals surface area (Å²) in [5, 5.41) is 9.57. The van der Waals surface area contributed by atoms with Crippen molar-refractivity contribution < 1.29 is 9.90 Å². The summed E-state index contributed by atoms with van der Waals surface area (Å²) in [5.41, 5.74) is 7.42. The molecule has 152 valence electrons. The van der Waals surface area contributed by atoms with E-state index in [0.29, 0.717) is 5.56 Å². The summed E-state index contributed by atoms with van der Waals surface area (Å²) in [6.07, 6.45) is 3.13. The number of aromatic nitrogens is 2. The lowest BCUT2D eigenvalue weighted by Crippen LogP contribution is -2.03. The molecule has 0 bridgehead atoms. The molecule has 0 saturated carbocycles. The molecule has 0 atom stereocenters. The van der Waals surface area contributed by atoms with E-state index in [-0.39, 0.29) is 0 Å². The van der Waals surface area contributed by atoms with E-state index < -0.39 is 5.97 Å². The minimum absolute atomic E-state index is 0.320. The molecule has 0 amide bonds. The number of carboxylic acids is 1. The average molecular weight is 399 g/mol. The Kier molecular flexibility index (Phi) is 5.40. The van der Waals surface area contributed by atoms with Gasteiger partial charge in [-0.1, -0.05) is 43.7 Å². The Morgan fingerprint density at radius 3 is 2.53 bits per heavy atom. The van der Waals surface area contributed by atoms with Gasteiger partial charge >= 0.3 is 5.97 Å². The largest absolute Gasteiger partial charge is 0.478 e. The molecule has 0 fully saturated rings. The number of benzene rings is 3. The van der Waals surface area contributed by atoms with Crippen molar-refractivity contribution in [2.75, 3.05) is 0 Å². The van der Waals surface area contributed by atoms with E-state index >= 15 is 0 Å². The van der Waals surface area contributed by atoms with Gasteiger partial charge in [0.1, 0.15) is 5.82 Å². The van der Waals surface area contributed by atoms with Crippen molar-refractivity contribution in [2.45, 2.75) is 40.0 Å². The number of imidazole rings is 1. The van der Waals surface area contributed by atoms with E-state index in [4.69, 9.17) is 4.98 Å². The Balaban J connectivity index is 1.87. The Morgan fingerprint density at radius 2 is 1.80 bits per heavy atom. The molecule has 1 aromatic heterocycles. The van der Waals surface area contributed by atoms with E-state index in [1.54, 1.807) is 12.1 Å². The topological polar surface area (TPSA) is 55.1 Å². The third-order valence-corrected chi connectivity index (χ3v) is 5.55. The highest BCUT2D eigenvalue weighted by atomic mass is 16.4. The lowest BCUT2D eigenvalue weighted by molar-refractivity contribution is 0.0697. The first kappa shape index (κ1) is 19.9. The number of carbonyl (C=O) groups is 1. The molecule has 30 heavy (non-hydrogen) atoms. The van der Waals surface area contributed by atoms with Crippen LogP contribution in [-0.4, -0.2) is 20.6 Å². The molecule has 0 radical (unpaired) electrons. The van der Waals surface area contributed by atoms with Crippen molar-refractivity contribution in [3.8, 4) is 16.8 Å². The second-order valence-corrected chi connectivity index (χ2v) is 7.81. The minimum Gasteiger partial charge on any atom is -0.478 e. The quantitative estimate of drug-likeness (QED) is 0.412. The predicted octanol–water partition coefficient (Wildman–Crippen LogP) is 6.35. The number of aryl methyl sites for hydroxylation is 3. The summed E-state index contributed by atoms with van der Waals surface area (Å²) in [4.78, 5) is 16.6. The maximum atomic E-state index is 11.7. The van der Waals surface area contributed by atoms with Gasteiger partial charge in [-0.05, 0) is 72.9 Å². The standard InChI is InChI=1S/C26H26N2O2/c1-4-5-10-25-27-23-14-11-17(2)15-24(23)28(25)19-12-13-20(18(3)16-19)21-8-6-7-9-22(21)26(29)30/h6-9,11-16H,4-5,10H2,1-3H3,(H,29,30). The minimum atomic E-state index is -0.910. The smallest absolute Gasteiger partial charge is 0.336 e. The predicted molar refractivity (Wildman–Crippen MR) is 122 cm³/mol. The number of rotatable bonds is 6. The first-order valence-electron chi connectivity index (χ1n) is 10.4. The molecule has 4 heteroatoms. The molecule has 1 N–H and O–H groups in total. The maximum absolute atomic E-state index is 11.7. The van der Waals surface area contributed by atoms with Gasteiger partial charge in [0.2, 0.25) is 0 Å². The van der Waals surface area contributed by atoms with Gasteiger partial charge in [0.15, 0.2) is 0 Å². The zero-order chi connectivity index (χ0) is 21.3. The van der Waals surface area contributed by atoms with Gasteiger partial charge in [-0.25, -0.2) is 9.78 Å². The van der Waals surface area contributed by atoms with Crippen LogP contribution in [0, 0.1) is 13.8 Å². The van der Waals surface area contributed by atoms with Gasteiger partial charge in [-0.15, -0.1) is 0 Å². The van der Waals surface area contributed by atoms with Gasteiger partial charge in [-0.3, -0.25) is 4.57 Å². The zero-order valence-electron chi connectivity index (χ0n) is 17.6. The second kappa shape index (κ2) is 8.15. The van der Waals surface area contributed by atoms with E-state index in [2.05, 4.69) is 48.7 Å². The molecular formula is C26H26N2O2. The highest BCUT2D eigenvalue weighted by Gasteiger charge is 2.16. The van der Waals surface area contributed by atoms with Crippen LogP contribution < -0.4 is 0 Å². The van der Waals surface area contributed by atoms with Crippen LogP contribution in [0.25, 0.3) is 27.8 Å². The van der Waals surface area contributed by atoms with Crippen molar-refractivity contribution in [1.29, 1.82) is 0 Å². The monoisotopic (exact) mass is 398 g/mol. The van der Waals surface area contributed by atoms with Crippen LogP contribution in [0.15, 0.2) is 60.7 Å². The number of hydrogen-bond donors (Lipinski definition) is 1. The number of hydrogen-bond acceptors (Lipinski definition) is 2. The van der Waals surface area contributed by atoms with Crippen LogP contribution in [0.1, 0.15) is 47.1 Å². The van der Waals surface area contributed by atoms with Gasteiger partial charge < -0.3 is 5.11 Å². The number of aromatic carboxylic acids is 1. The van der Waals surface area contributed by atoms with Crippen molar-refractivity contribution in [3.63, 3.8) is 0 Å². The number of nitrogens with zero attached hydrogens (tertiary/aromatic N) is 2. The molecule has 0 aliphatic rings. The lowest BCUT2D eigenvalue weighted by atomic mass is 9.95. The Labute approximate surface area is 176 Å². The molecule has 4 aromatic rings. The molecule has 4 nitrogen and oxygen atoms in total. The van der Waals surface area contributed by atoms with Gasteiger partial charge in [0.25, 0.3) is 0 Å². The van der Waals surface area contributed by atoms with Gasteiger partial charge in [0.05, 0.1) is 16.6 Å². The first-order valence-corrected chi connectivity index (χ1v) is 10.4. The second-order valence-electron chi connectivity index (χ2n) is 7.81. The fourth-order valence-corrected chi connectivity index (χ4v) is 4.02. The van der Waals surface area contributed by atoms with Crippen LogP contribution in [0.2, 0.25) is 0 Å². The number of fused-ring (bicyclic) bond motifs is 1. The molecular weight excluding hydrogens is 372 g/mol. The molecule has 0 saturated heterocycles. The molecule has 0 spiro atoms. The summed E-state index contributed by atoms with van der Waals surface area (Å²) in [7, 11) is 0. The summed E-state index contributed by atoms with van der Waals surface area (Å²) >= 11 is 0. The van der Waals surface area contributed by atoms with Crippen LogP contribution in [0.3, 0.4) is 0 Å². The van der Waals surface area contributed by atoms with E-state index in [1.807, 2.05) is 25.1 Å². The maximum Gasteiger partial charge on any atom is 0.336 e. The van der Waals surface area contributed by atoms with Crippen LogP contribution in [0.5, 0.6) is 0 Å². The molecule has 1 heterocycles. The van der Waals surface area contributed by atoms with Crippen molar-refractivity contribution >= 4 is 17.0 Å². The number of carboxylic acid groups (broad SMARTS) is 1. The van der Waals surface area contributed by atoms with Crippen molar-refractivity contribution in [1.82, 2.24) is 9.55 Å². The molecule has 4 rings (SSSR count). The lowest BCUT2D eigenvalue weighted by Gasteiger charge is -2.14. The van der Waals surface area contributed by atoms with Crippen LogP contribution >= 0.6 is 0 Å². The van der Waals surface area contributed by atoms with E-state index in [1.165, 1.54) is 5.56 Å². The average Bonchev–Trinajstić information content (AvgIpc) is 3.09. The third kappa shape index (κ3) is 3.61. The normalized spacial score (nSPS) is 11.2. The van der Waals surface area contributed by atoms with E-state index in [0.717, 1.165) is 58.5 Å². The van der Waals surface area contributed by atoms with Gasteiger partial charge in [-0.2, -0.15) is 0 Å². The fourth-order valence-electron chi connectivity index (χ4n) is 4.02.